The normalized spacial score (nSPS) is 26.8. The third kappa shape index (κ3) is 2.95. The standard InChI is InChI=1S/C18H24N2O4/c21-16(13-3-4-13)19-7-5-18(6-8-19)10-15(17(22)23)20(12-18)11-14-2-1-9-24-14/h1-2,9,13,15H,3-8,10-12H2,(H,22,23)/t15-/m1/s1. The zero-order chi connectivity index (χ0) is 16.7. The molecule has 24 heavy (non-hydrogen) atoms. The van der Waals surface area contributed by atoms with Gasteiger partial charge in [0.25, 0.3) is 0 Å². The van der Waals surface area contributed by atoms with E-state index in [0.717, 1.165) is 51.1 Å². The summed E-state index contributed by atoms with van der Waals surface area (Å²) in [5, 5.41) is 9.61. The number of hydrogen-bond donors (Lipinski definition) is 1. The van der Waals surface area contributed by atoms with Gasteiger partial charge in [0.2, 0.25) is 5.91 Å². The van der Waals surface area contributed by atoms with Crippen LogP contribution in [0.3, 0.4) is 0 Å². The molecule has 1 aromatic rings. The van der Waals surface area contributed by atoms with Gasteiger partial charge in [0.05, 0.1) is 12.8 Å². The summed E-state index contributed by atoms with van der Waals surface area (Å²) < 4.78 is 5.39. The van der Waals surface area contributed by atoms with Gasteiger partial charge in [-0.05, 0) is 49.7 Å². The highest BCUT2D eigenvalue weighted by molar-refractivity contribution is 5.81. The average molecular weight is 332 g/mol. The molecule has 1 aromatic heterocycles. The van der Waals surface area contributed by atoms with Gasteiger partial charge in [0, 0.05) is 25.6 Å². The SMILES string of the molecule is O=C(O)[C@H]1CC2(CCN(C(=O)C3CC3)CC2)CN1Cc1ccco1. The van der Waals surface area contributed by atoms with Crippen molar-refractivity contribution in [1.82, 2.24) is 9.80 Å². The largest absolute Gasteiger partial charge is 0.480 e. The molecule has 1 amide bonds. The van der Waals surface area contributed by atoms with Crippen molar-refractivity contribution in [2.24, 2.45) is 11.3 Å². The lowest BCUT2D eigenvalue weighted by molar-refractivity contribution is -0.142. The molecule has 0 aromatic carbocycles. The van der Waals surface area contributed by atoms with Crippen LogP contribution in [0, 0.1) is 11.3 Å². The highest BCUT2D eigenvalue weighted by Gasteiger charge is 2.49. The number of likely N-dealkylation sites (tertiary alicyclic amines) is 2. The van der Waals surface area contributed by atoms with Crippen LogP contribution in [-0.4, -0.2) is 52.5 Å². The Kier molecular flexibility index (Phi) is 3.87. The minimum absolute atomic E-state index is 0.0238. The highest BCUT2D eigenvalue weighted by atomic mass is 16.4. The number of rotatable bonds is 4. The monoisotopic (exact) mass is 332 g/mol. The predicted molar refractivity (Wildman–Crippen MR) is 86.1 cm³/mol. The molecule has 3 fully saturated rings. The van der Waals surface area contributed by atoms with Crippen molar-refractivity contribution in [3.63, 3.8) is 0 Å². The quantitative estimate of drug-likeness (QED) is 0.912. The van der Waals surface area contributed by atoms with Crippen molar-refractivity contribution < 1.29 is 19.1 Å². The fraction of sp³-hybridized carbons (Fsp3) is 0.667. The topological polar surface area (TPSA) is 74.0 Å². The molecule has 0 bridgehead atoms. The number of furan rings is 1. The van der Waals surface area contributed by atoms with Crippen LogP contribution < -0.4 is 0 Å². The molecule has 1 N–H and O–H groups in total. The molecule has 2 aliphatic heterocycles. The Morgan fingerprint density at radius 2 is 2.04 bits per heavy atom. The molecule has 4 rings (SSSR count). The Morgan fingerprint density at radius 3 is 2.62 bits per heavy atom. The van der Waals surface area contributed by atoms with Crippen LogP contribution in [0.1, 0.15) is 37.9 Å². The van der Waals surface area contributed by atoms with E-state index >= 15 is 0 Å². The molecule has 2 saturated heterocycles. The second-order valence-electron chi connectivity index (χ2n) is 7.64. The Morgan fingerprint density at radius 1 is 1.29 bits per heavy atom. The summed E-state index contributed by atoms with van der Waals surface area (Å²) in [7, 11) is 0. The summed E-state index contributed by atoms with van der Waals surface area (Å²) in [6, 6.07) is 3.26. The van der Waals surface area contributed by atoms with Gasteiger partial charge in [-0.15, -0.1) is 0 Å². The van der Waals surface area contributed by atoms with E-state index in [1.165, 1.54) is 0 Å². The first kappa shape index (κ1) is 15.7. The van der Waals surface area contributed by atoms with Crippen molar-refractivity contribution in [2.75, 3.05) is 19.6 Å². The fourth-order valence-corrected chi connectivity index (χ4v) is 4.31. The molecule has 3 aliphatic rings. The van der Waals surface area contributed by atoms with Crippen LogP contribution >= 0.6 is 0 Å². The Balaban J connectivity index is 1.42. The number of carboxylic acid groups (broad SMARTS) is 1. The van der Waals surface area contributed by atoms with Crippen molar-refractivity contribution >= 4 is 11.9 Å². The maximum atomic E-state index is 12.2. The lowest BCUT2D eigenvalue weighted by Crippen LogP contribution is -2.44. The lowest BCUT2D eigenvalue weighted by Gasteiger charge is -2.39. The Labute approximate surface area is 141 Å². The second-order valence-corrected chi connectivity index (χ2v) is 7.64. The van der Waals surface area contributed by atoms with Crippen molar-refractivity contribution in [2.45, 2.75) is 44.7 Å². The smallest absolute Gasteiger partial charge is 0.320 e. The van der Waals surface area contributed by atoms with E-state index in [4.69, 9.17) is 4.42 Å². The van der Waals surface area contributed by atoms with Crippen LogP contribution in [0.15, 0.2) is 22.8 Å². The number of carbonyl (C=O) groups excluding carboxylic acids is 1. The predicted octanol–water partition coefficient (Wildman–Crippen LogP) is 1.96. The zero-order valence-electron chi connectivity index (χ0n) is 13.8. The van der Waals surface area contributed by atoms with Gasteiger partial charge in [-0.2, -0.15) is 0 Å². The van der Waals surface area contributed by atoms with Gasteiger partial charge in [0.1, 0.15) is 11.8 Å². The fourth-order valence-electron chi connectivity index (χ4n) is 4.31. The van der Waals surface area contributed by atoms with Gasteiger partial charge in [-0.3, -0.25) is 14.5 Å². The first-order chi connectivity index (χ1) is 11.6. The highest BCUT2D eigenvalue weighted by Crippen LogP contribution is 2.44. The number of carbonyl (C=O) groups is 2. The van der Waals surface area contributed by atoms with Crippen LogP contribution in [0.2, 0.25) is 0 Å². The molecule has 3 heterocycles. The minimum Gasteiger partial charge on any atom is -0.480 e. The number of aliphatic carboxylic acids is 1. The maximum Gasteiger partial charge on any atom is 0.320 e. The third-order valence-electron chi connectivity index (χ3n) is 5.89. The van der Waals surface area contributed by atoms with Gasteiger partial charge >= 0.3 is 5.97 Å². The summed E-state index contributed by atoms with van der Waals surface area (Å²) in [4.78, 5) is 27.9. The summed E-state index contributed by atoms with van der Waals surface area (Å²) in [5.74, 6) is 0.629. The molecular weight excluding hydrogens is 308 g/mol. The van der Waals surface area contributed by atoms with E-state index < -0.39 is 12.0 Å². The van der Waals surface area contributed by atoms with Crippen LogP contribution in [0.5, 0.6) is 0 Å². The number of piperidine rings is 1. The first-order valence-electron chi connectivity index (χ1n) is 8.84. The van der Waals surface area contributed by atoms with E-state index in [2.05, 4.69) is 0 Å². The Bertz CT molecular complexity index is 615. The number of carboxylic acids is 1. The molecule has 6 heteroatoms. The van der Waals surface area contributed by atoms with Gasteiger partial charge in [0.15, 0.2) is 0 Å². The van der Waals surface area contributed by atoms with Gasteiger partial charge in [-0.1, -0.05) is 0 Å². The summed E-state index contributed by atoms with van der Waals surface area (Å²) in [6.07, 6.45) is 6.19. The lowest BCUT2D eigenvalue weighted by atomic mass is 9.76. The molecule has 6 nitrogen and oxygen atoms in total. The Hall–Kier alpha value is -1.82. The molecule has 130 valence electrons. The van der Waals surface area contributed by atoms with Crippen molar-refractivity contribution in [3.05, 3.63) is 24.2 Å². The number of nitrogens with zero attached hydrogens (tertiary/aromatic N) is 2. The van der Waals surface area contributed by atoms with E-state index in [9.17, 15) is 14.7 Å². The summed E-state index contributed by atoms with van der Waals surface area (Å²) in [5.41, 5.74) is 0.0238. The molecule has 1 aliphatic carbocycles. The van der Waals surface area contributed by atoms with Crippen molar-refractivity contribution in [1.29, 1.82) is 0 Å². The summed E-state index contributed by atoms with van der Waals surface area (Å²) in [6.45, 7) is 2.86. The van der Waals surface area contributed by atoms with Crippen LogP contribution in [0.4, 0.5) is 0 Å². The molecule has 0 radical (unpaired) electrons. The van der Waals surface area contributed by atoms with E-state index in [0.29, 0.717) is 18.9 Å². The van der Waals surface area contributed by atoms with Gasteiger partial charge < -0.3 is 14.4 Å². The molecular formula is C18H24N2O4. The van der Waals surface area contributed by atoms with Crippen LogP contribution in [0.25, 0.3) is 0 Å². The molecule has 1 saturated carbocycles. The van der Waals surface area contributed by atoms with Crippen molar-refractivity contribution in [3.8, 4) is 0 Å². The average Bonchev–Trinajstić information content (AvgIpc) is 3.19. The zero-order valence-corrected chi connectivity index (χ0v) is 13.8. The molecule has 1 atom stereocenters. The minimum atomic E-state index is -0.755. The third-order valence-corrected chi connectivity index (χ3v) is 5.89. The summed E-state index contributed by atoms with van der Waals surface area (Å²) >= 11 is 0. The number of amides is 1. The molecule has 1 spiro atoms. The van der Waals surface area contributed by atoms with Gasteiger partial charge in [-0.25, -0.2) is 0 Å². The van der Waals surface area contributed by atoms with E-state index in [1.54, 1.807) is 6.26 Å². The maximum absolute atomic E-state index is 12.2. The molecule has 0 unspecified atom stereocenters. The van der Waals surface area contributed by atoms with E-state index in [1.807, 2.05) is 21.9 Å². The van der Waals surface area contributed by atoms with Crippen LogP contribution in [-0.2, 0) is 16.1 Å². The second kappa shape index (κ2) is 5.92. The number of hydrogen-bond acceptors (Lipinski definition) is 4. The van der Waals surface area contributed by atoms with E-state index in [-0.39, 0.29) is 11.3 Å². The first-order valence-corrected chi connectivity index (χ1v) is 8.84.